The molecule has 1 rings (SSSR count). The van der Waals surface area contributed by atoms with Crippen LogP contribution in [0.25, 0.3) is 0 Å². The van der Waals surface area contributed by atoms with Crippen LogP contribution < -0.4 is 9.50 Å². The quantitative estimate of drug-likeness (QED) is 0.561. The molecule has 0 aromatic heterocycles. The first-order valence-electron chi connectivity index (χ1n) is 8.75. The molecule has 0 spiro atoms. The van der Waals surface area contributed by atoms with E-state index < -0.39 is 39.4 Å². The van der Waals surface area contributed by atoms with Crippen LogP contribution in [0.2, 0.25) is 0 Å². The maximum absolute atomic E-state index is 12.2. The smallest absolute Gasteiger partial charge is 0.408 e. The van der Waals surface area contributed by atoms with E-state index in [2.05, 4.69) is 5.32 Å². The lowest BCUT2D eigenvalue weighted by atomic mass is 10.0. The Morgan fingerprint density at radius 3 is 1.89 bits per heavy atom. The van der Waals surface area contributed by atoms with Gasteiger partial charge in [-0.1, -0.05) is 12.1 Å². The Hall–Kier alpha value is -2.29. The van der Waals surface area contributed by atoms with Crippen molar-refractivity contribution in [1.82, 2.24) is 5.32 Å². The van der Waals surface area contributed by atoms with Crippen molar-refractivity contribution in [3.05, 3.63) is 29.8 Å². The van der Waals surface area contributed by atoms with Crippen LogP contribution in [0.4, 0.5) is 4.79 Å². The van der Waals surface area contributed by atoms with Crippen LogP contribution >= 0.6 is 0 Å². The topological polar surface area (TPSA) is 108 Å². The van der Waals surface area contributed by atoms with Gasteiger partial charge in [0.15, 0.2) is 0 Å². The molecule has 0 saturated heterocycles. The van der Waals surface area contributed by atoms with Gasteiger partial charge in [-0.15, -0.1) is 0 Å². The monoisotopic (exact) mass is 415 g/mol. The molecule has 8 nitrogen and oxygen atoms in total. The average Bonchev–Trinajstić information content (AvgIpc) is 2.41. The highest BCUT2D eigenvalue weighted by Crippen LogP contribution is 2.23. The molecule has 1 aromatic rings. The first kappa shape index (κ1) is 23.7. The van der Waals surface area contributed by atoms with Gasteiger partial charge in [0.2, 0.25) is 0 Å². The summed E-state index contributed by atoms with van der Waals surface area (Å²) in [7, 11) is -3.65. The molecule has 0 aliphatic rings. The second-order valence-electron chi connectivity index (χ2n) is 8.35. The number of hydrogen-bond donors (Lipinski definition) is 1. The number of hydrogen-bond acceptors (Lipinski definition) is 7. The number of carbonyl (C=O) groups is 2. The van der Waals surface area contributed by atoms with Crippen molar-refractivity contribution in [3.63, 3.8) is 0 Å². The van der Waals surface area contributed by atoms with E-state index in [0.717, 1.165) is 6.26 Å². The molecule has 0 bridgehead atoms. The average molecular weight is 416 g/mol. The fraction of sp³-hybridized carbons (Fsp3) is 0.579. The molecule has 0 radical (unpaired) electrons. The molecule has 1 N–H and O–H groups in total. The van der Waals surface area contributed by atoms with Gasteiger partial charge in [-0.2, -0.15) is 8.42 Å². The highest BCUT2D eigenvalue weighted by molar-refractivity contribution is 7.86. The Bertz CT molecular complexity index is 757. The van der Waals surface area contributed by atoms with Crippen LogP contribution in [0.5, 0.6) is 5.75 Å². The Balaban J connectivity index is 3.02. The van der Waals surface area contributed by atoms with Crippen molar-refractivity contribution in [2.75, 3.05) is 6.26 Å². The predicted octanol–water partition coefficient (Wildman–Crippen LogP) is 3.32. The van der Waals surface area contributed by atoms with Crippen molar-refractivity contribution in [1.29, 1.82) is 0 Å². The van der Waals surface area contributed by atoms with Crippen LogP contribution in [0.1, 0.15) is 59.6 Å². The van der Waals surface area contributed by atoms with E-state index in [1.807, 2.05) is 0 Å². The van der Waals surface area contributed by atoms with Crippen molar-refractivity contribution in [3.8, 4) is 5.75 Å². The minimum Gasteiger partial charge on any atom is -0.460 e. The third kappa shape index (κ3) is 10.1. The van der Waals surface area contributed by atoms with Crippen molar-refractivity contribution < 1.29 is 31.7 Å². The van der Waals surface area contributed by atoms with Gasteiger partial charge in [0.05, 0.1) is 18.7 Å². The van der Waals surface area contributed by atoms with E-state index in [9.17, 15) is 18.0 Å². The molecule has 0 aliphatic heterocycles. The molecule has 158 valence electrons. The first-order chi connectivity index (χ1) is 12.5. The number of rotatable bonds is 6. The third-order valence-electron chi connectivity index (χ3n) is 3.01. The maximum Gasteiger partial charge on any atom is 0.408 e. The summed E-state index contributed by atoms with van der Waals surface area (Å²) in [5.41, 5.74) is -0.799. The van der Waals surface area contributed by atoms with Gasteiger partial charge < -0.3 is 19.0 Å². The number of amides is 1. The summed E-state index contributed by atoms with van der Waals surface area (Å²) in [6.45, 7) is 10.4. The summed E-state index contributed by atoms with van der Waals surface area (Å²) in [4.78, 5) is 24.4. The van der Waals surface area contributed by atoms with Gasteiger partial charge in [-0.05, 0) is 59.2 Å². The molecule has 0 heterocycles. The number of esters is 1. The minimum atomic E-state index is -3.65. The molecule has 1 unspecified atom stereocenters. The normalized spacial score (nSPS) is 13.4. The zero-order valence-corrected chi connectivity index (χ0v) is 18.2. The maximum atomic E-state index is 12.2. The largest absolute Gasteiger partial charge is 0.460 e. The summed E-state index contributed by atoms with van der Waals surface area (Å²) in [6.07, 6.45) is 0.136. The molecular weight excluding hydrogens is 386 g/mol. The molecule has 1 amide bonds. The molecule has 0 saturated carbocycles. The molecule has 9 heteroatoms. The molecular formula is C19H29NO7S. The summed E-state index contributed by atoms with van der Waals surface area (Å²) in [5, 5.41) is 2.65. The summed E-state index contributed by atoms with van der Waals surface area (Å²) >= 11 is 0. The van der Waals surface area contributed by atoms with Crippen LogP contribution in [-0.4, -0.2) is 37.9 Å². The Kier molecular flexibility index (Phi) is 7.47. The van der Waals surface area contributed by atoms with Crippen molar-refractivity contribution in [2.45, 2.75) is 65.2 Å². The fourth-order valence-electron chi connectivity index (χ4n) is 2.18. The molecule has 0 fully saturated rings. The highest BCUT2D eigenvalue weighted by atomic mass is 32.2. The molecule has 1 atom stereocenters. The zero-order chi connectivity index (χ0) is 21.8. The molecule has 0 aliphatic carbocycles. The summed E-state index contributed by atoms with van der Waals surface area (Å²) in [5.74, 6) is -0.371. The van der Waals surface area contributed by atoms with Gasteiger partial charge in [-0.3, -0.25) is 4.79 Å². The fourth-order valence-corrected chi connectivity index (χ4v) is 2.64. The van der Waals surface area contributed by atoms with Crippen LogP contribution in [0.3, 0.4) is 0 Å². The van der Waals surface area contributed by atoms with E-state index in [4.69, 9.17) is 13.7 Å². The number of nitrogens with one attached hydrogen (secondary N) is 1. The standard InChI is InChI=1S/C19H29NO7S/c1-18(2,3)25-16(21)12-15(20-17(22)26-19(4,5)6)13-8-10-14(11-9-13)27-28(7,23)24/h8-11,15H,12H2,1-7H3,(H,20,22). The van der Waals surface area contributed by atoms with E-state index >= 15 is 0 Å². The Labute approximate surface area is 166 Å². The molecule has 1 aromatic carbocycles. The van der Waals surface area contributed by atoms with Gasteiger partial charge in [0, 0.05) is 0 Å². The van der Waals surface area contributed by atoms with Crippen LogP contribution in [0.15, 0.2) is 24.3 Å². The van der Waals surface area contributed by atoms with E-state index in [-0.39, 0.29) is 12.2 Å². The molecule has 28 heavy (non-hydrogen) atoms. The van der Waals surface area contributed by atoms with Crippen LogP contribution in [-0.2, 0) is 24.4 Å². The van der Waals surface area contributed by atoms with E-state index in [1.165, 1.54) is 12.1 Å². The number of carbonyl (C=O) groups excluding carboxylic acids is 2. The summed E-state index contributed by atoms with van der Waals surface area (Å²) < 4.78 is 37.8. The van der Waals surface area contributed by atoms with Crippen molar-refractivity contribution in [2.24, 2.45) is 0 Å². The number of benzene rings is 1. The van der Waals surface area contributed by atoms with Gasteiger partial charge in [-0.25, -0.2) is 4.79 Å². The van der Waals surface area contributed by atoms with Gasteiger partial charge >= 0.3 is 22.2 Å². The lowest BCUT2D eigenvalue weighted by Gasteiger charge is -2.25. The lowest BCUT2D eigenvalue weighted by molar-refractivity contribution is -0.155. The van der Waals surface area contributed by atoms with Gasteiger partial charge in [0.1, 0.15) is 17.0 Å². The second-order valence-corrected chi connectivity index (χ2v) is 9.92. The van der Waals surface area contributed by atoms with Crippen molar-refractivity contribution >= 4 is 22.2 Å². The number of alkyl carbamates (subject to hydrolysis) is 1. The SMILES string of the molecule is CC(C)(C)OC(=O)CC(NC(=O)OC(C)(C)C)c1ccc(OS(C)(=O)=O)cc1. The third-order valence-corrected chi connectivity index (χ3v) is 3.51. The highest BCUT2D eigenvalue weighted by Gasteiger charge is 2.25. The lowest BCUT2D eigenvalue weighted by Crippen LogP contribution is -2.36. The predicted molar refractivity (Wildman–Crippen MR) is 104 cm³/mol. The zero-order valence-electron chi connectivity index (χ0n) is 17.4. The first-order valence-corrected chi connectivity index (χ1v) is 10.6. The van der Waals surface area contributed by atoms with E-state index in [0.29, 0.717) is 5.56 Å². The van der Waals surface area contributed by atoms with Crippen LogP contribution in [0, 0.1) is 0 Å². The Morgan fingerprint density at radius 2 is 1.46 bits per heavy atom. The number of ether oxygens (including phenoxy) is 2. The van der Waals surface area contributed by atoms with Gasteiger partial charge in [0.25, 0.3) is 0 Å². The summed E-state index contributed by atoms with van der Waals surface area (Å²) in [6, 6.07) is 5.28. The second kappa shape index (κ2) is 8.81. The Morgan fingerprint density at radius 1 is 0.964 bits per heavy atom. The van der Waals surface area contributed by atoms with E-state index in [1.54, 1.807) is 53.7 Å². The minimum absolute atomic E-state index is 0.122.